The molecule has 0 aromatic heterocycles. The SMILES string of the molecule is CCCCCCCC/C=C\CCCCCCCCN.[Cl][Hg]. The predicted octanol–water partition coefficient (Wildman–Crippen LogP) is 6.67. The Kier molecular flexibility index (Phi) is 29.8. The van der Waals surface area contributed by atoms with Gasteiger partial charge in [-0.15, -0.1) is 0 Å². The molecule has 0 bridgehead atoms. The monoisotopic (exact) mass is 504 g/mol. The number of halogens is 1. The fourth-order valence-corrected chi connectivity index (χ4v) is 2.39. The van der Waals surface area contributed by atoms with Crippen molar-refractivity contribution in [2.75, 3.05) is 6.54 Å². The molecule has 0 heterocycles. The van der Waals surface area contributed by atoms with Crippen LogP contribution in [0.3, 0.4) is 0 Å². The Balaban J connectivity index is 0. The molecule has 0 aliphatic heterocycles. The van der Waals surface area contributed by atoms with Crippen LogP contribution in [0.15, 0.2) is 12.2 Å². The Morgan fingerprint density at radius 3 is 1.48 bits per heavy atom. The van der Waals surface area contributed by atoms with Gasteiger partial charge in [0.2, 0.25) is 0 Å². The first-order valence-corrected chi connectivity index (χ1v) is 15.8. The molecule has 0 saturated carbocycles. The number of allylic oxidation sites excluding steroid dienone is 2. The summed E-state index contributed by atoms with van der Waals surface area (Å²) in [6.45, 7) is 3.14. The van der Waals surface area contributed by atoms with E-state index in [9.17, 15) is 0 Å². The van der Waals surface area contributed by atoms with Gasteiger partial charge >= 0.3 is 33.1 Å². The molecule has 2 N–H and O–H groups in total. The van der Waals surface area contributed by atoms with E-state index in [0.29, 0.717) is 24.9 Å². The Morgan fingerprint density at radius 2 is 1.05 bits per heavy atom. The third-order valence-electron chi connectivity index (χ3n) is 3.72. The minimum absolute atomic E-state index is 0.500. The molecule has 0 aromatic carbocycles. The molecule has 0 atom stereocenters. The molecule has 0 spiro atoms. The average Bonchev–Trinajstić information content (AvgIpc) is 2.53. The Hall–Kier alpha value is 0.925. The number of nitrogens with two attached hydrogens (primary N) is 1. The van der Waals surface area contributed by atoms with Gasteiger partial charge < -0.3 is 5.73 Å². The van der Waals surface area contributed by atoms with Crippen LogP contribution in [0.2, 0.25) is 0 Å². The van der Waals surface area contributed by atoms with Crippen molar-refractivity contribution in [2.45, 2.75) is 96.8 Å². The summed E-state index contributed by atoms with van der Waals surface area (Å²) in [5.74, 6) is 0. The first-order valence-electron chi connectivity index (χ1n) is 9.03. The summed E-state index contributed by atoms with van der Waals surface area (Å²) in [5.41, 5.74) is 5.47. The van der Waals surface area contributed by atoms with E-state index in [0.717, 1.165) is 6.54 Å². The van der Waals surface area contributed by atoms with Crippen molar-refractivity contribution in [3.63, 3.8) is 0 Å². The molecule has 0 amide bonds. The third kappa shape index (κ3) is 26.2. The van der Waals surface area contributed by atoms with Gasteiger partial charge in [0.15, 0.2) is 0 Å². The predicted molar refractivity (Wildman–Crippen MR) is 94.4 cm³/mol. The van der Waals surface area contributed by atoms with Crippen molar-refractivity contribution >= 4 is 8.25 Å². The molecule has 0 unspecified atom stereocenters. The number of unbranched alkanes of at least 4 members (excludes halogenated alkanes) is 12. The van der Waals surface area contributed by atoms with Crippen LogP contribution in [0, 0.1) is 0 Å². The van der Waals surface area contributed by atoms with Gasteiger partial charge in [-0.1, -0.05) is 76.9 Å². The molecule has 0 saturated heterocycles. The van der Waals surface area contributed by atoms with Crippen LogP contribution in [0.1, 0.15) is 96.8 Å². The van der Waals surface area contributed by atoms with Gasteiger partial charge in [0.25, 0.3) is 0 Å². The van der Waals surface area contributed by atoms with Crippen LogP contribution >= 0.6 is 8.25 Å². The van der Waals surface area contributed by atoms with Gasteiger partial charge in [-0.2, -0.15) is 0 Å². The van der Waals surface area contributed by atoms with Gasteiger partial charge in [0, 0.05) is 0 Å². The van der Waals surface area contributed by atoms with Gasteiger partial charge in [-0.3, -0.25) is 0 Å². The van der Waals surface area contributed by atoms with E-state index in [-0.39, 0.29) is 0 Å². The Bertz CT molecular complexity index is 186. The number of hydrogen-bond acceptors (Lipinski definition) is 1. The van der Waals surface area contributed by atoms with E-state index >= 15 is 0 Å². The van der Waals surface area contributed by atoms with Crippen molar-refractivity contribution in [1.82, 2.24) is 0 Å². The first-order chi connectivity index (χ1) is 10.4. The van der Waals surface area contributed by atoms with Crippen LogP contribution in [0.25, 0.3) is 0 Å². The van der Waals surface area contributed by atoms with Gasteiger partial charge in [0.1, 0.15) is 0 Å². The van der Waals surface area contributed by atoms with E-state index in [1.807, 2.05) is 0 Å². The zero-order valence-corrected chi connectivity index (χ0v) is 20.7. The molecule has 0 aliphatic rings. The number of hydrogen-bond donors (Lipinski definition) is 1. The topological polar surface area (TPSA) is 26.0 Å². The van der Waals surface area contributed by atoms with Gasteiger partial charge in [-0.25, -0.2) is 0 Å². The van der Waals surface area contributed by atoms with Crippen LogP contribution in [-0.4, -0.2) is 6.54 Å². The number of rotatable bonds is 15. The average molecular weight is 504 g/mol. The molecule has 123 valence electrons. The van der Waals surface area contributed by atoms with E-state index in [4.69, 9.17) is 14.0 Å². The second-order valence-corrected chi connectivity index (χ2v) is 5.73. The van der Waals surface area contributed by atoms with Crippen LogP contribution in [-0.2, 0) is 24.9 Å². The van der Waals surface area contributed by atoms with Crippen LogP contribution in [0.4, 0.5) is 0 Å². The summed E-state index contributed by atoms with van der Waals surface area (Å²) >= 11 is 0.500. The van der Waals surface area contributed by atoms with Crippen LogP contribution < -0.4 is 5.73 Å². The summed E-state index contributed by atoms with van der Waals surface area (Å²) in [6.07, 6.45) is 23.9. The quantitative estimate of drug-likeness (QED) is 0.151. The fraction of sp³-hybridized carbons (Fsp3) is 0.889. The minimum atomic E-state index is 0.500. The molecule has 0 fully saturated rings. The third-order valence-corrected chi connectivity index (χ3v) is 3.72. The van der Waals surface area contributed by atoms with Crippen molar-refractivity contribution in [1.29, 1.82) is 0 Å². The summed E-state index contributed by atoms with van der Waals surface area (Å²) in [4.78, 5) is 0. The molecule has 1 nitrogen and oxygen atoms in total. The zero-order valence-electron chi connectivity index (χ0n) is 14.4. The molecular weight excluding hydrogens is 466 g/mol. The van der Waals surface area contributed by atoms with E-state index in [2.05, 4.69) is 19.1 Å². The van der Waals surface area contributed by atoms with Crippen molar-refractivity contribution < 1.29 is 24.9 Å². The maximum atomic E-state index is 5.47. The van der Waals surface area contributed by atoms with E-state index in [1.54, 1.807) is 0 Å². The van der Waals surface area contributed by atoms with Crippen molar-refractivity contribution in [2.24, 2.45) is 5.73 Å². The normalized spacial score (nSPS) is 10.7. The molecule has 21 heavy (non-hydrogen) atoms. The van der Waals surface area contributed by atoms with Gasteiger partial charge in [-0.05, 0) is 38.6 Å². The first kappa shape index (κ1) is 24.2. The van der Waals surface area contributed by atoms with E-state index in [1.165, 1.54) is 89.9 Å². The Labute approximate surface area is 153 Å². The van der Waals surface area contributed by atoms with E-state index < -0.39 is 0 Å². The second-order valence-electron chi connectivity index (χ2n) is 5.73. The standard InChI is InChI=1S/C18H37N.ClH.Hg/c1-2-3-4-5-6-7-8-9-10-11-12-13-14-15-16-17-18-19;;/h9-10H,2-8,11-19H2,1H3;1H;/q;;+1/p-1/b10-9-;;. The van der Waals surface area contributed by atoms with Crippen molar-refractivity contribution in [3.05, 3.63) is 12.2 Å². The zero-order chi connectivity index (χ0) is 16.0. The van der Waals surface area contributed by atoms with Crippen LogP contribution in [0.5, 0.6) is 0 Å². The summed E-state index contributed by atoms with van der Waals surface area (Å²) < 4.78 is 0. The summed E-state index contributed by atoms with van der Waals surface area (Å²) in [5, 5.41) is 0. The Morgan fingerprint density at radius 1 is 0.667 bits per heavy atom. The van der Waals surface area contributed by atoms with Crippen molar-refractivity contribution in [3.8, 4) is 0 Å². The molecular formula is C18H37ClHgN. The molecule has 0 aromatic rings. The fourth-order valence-electron chi connectivity index (χ4n) is 2.39. The molecule has 0 radical (unpaired) electrons. The molecule has 0 aliphatic carbocycles. The molecule has 0 rings (SSSR count). The summed E-state index contributed by atoms with van der Waals surface area (Å²) in [6, 6.07) is 0. The van der Waals surface area contributed by atoms with Gasteiger partial charge in [0.05, 0.1) is 0 Å². The maximum absolute atomic E-state index is 5.47. The second kappa shape index (κ2) is 25.9. The molecule has 3 heteroatoms. The summed E-state index contributed by atoms with van der Waals surface area (Å²) in [7, 11) is 4.83.